The van der Waals surface area contributed by atoms with E-state index < -0.39 is 0 Å². The Labute approximate surface area is 64.7 Å². The minimum absolute atomic E-state index is 0.372. The van der Waals surface area contributed by atoms with Crippen molar-refractivity contribution >= 4 is 0 Å². The van der Waals surface area contributed by atoms with Gasteiger partial charge in [-0.1, -0.05) is 13.8 Å². The molecule has 0 spiro atoms. The summed E-state index contributed by atoms with van der Waals surface area (Å²) in [7, 11) is 0. The average Bonchev–Trinajstić information content (AvgIpc) is 1.85. The summed E-state index contributed by atoms with van der Waals surface area (Å²) in [5, 5.41) is 5.87. The first-order valence-corrected chi connectivity index (χ1v) is 3.59. The Balaban J connectivity index is 2.80. The van der Waals surface area contributed by atoms with Crippen LogP contribution in [0.15, 0.2) is 11.0 Å². The van der Waals surface area contributed by atoms with Gasteiger partial charge in [0, 0.05) is 0 Å². The molecule has 1 heterocycles. The summed E-state index contributed by atoms with van der Waals surface area (Å²) in [6.07, 6.45) is 2.39. The van der Waals surface area contributed by atoms with Crippen LogP contribution in [0, 0.1) is 5.92 Å². The quantitative estimate of drug-likeness (QED) is 0.667. The zero-order chi connectivity index (χ0) is 8.27. The molecule has 0 aromatic carbocycles. The lowest BCUT2D eigenvalue weighted by molar-refractivity contribution is 0.626. The molecule has 0 radical (unpaired) electrons. The Morgan fingerprint density at radius 2 is 2.36 bits per heavy atom. The molecule has 0 unspecified atom stereocenters. The fraction of sp³-hybridized carbons (Fsp3) is 0.571. The lowest BCUT2D eigenvalue weighted by atomic mass is 10.1. The Hall–Kier alpha value is -1.19. The number of aromatic nitrogens is 3. The maximum absolute atomic E-state index is 10.6. The van der Waals surface area contributed by atoms with Gasteiger partial charge in [-0.15, -0.1) is 0 Å². The predicted molar refractivity (Wildman–Crippen MR) is 41.2 cm³/mol. The molecule has 0 saturated heterocycles. The van der Waals surface area contributed by atoms with Gasteiger partial charge in [0.2, 0.25) is 0 Å². The minimum Gasteiger partial charge on any atom is -0.244 e. The third kappa shape index (κ3) is 2.49. The van der Waals surface area contributed by atoms with Crippen molar-refractivity contribution in [2.75, 3.05) is 0 Å². The van der Waals surface area contributed by atoms with Crippen LogP contribution in [-0.2, 0) is 6.42 Å². The molecule has 60 valence electrons. The zero-order valence-electron chi connectivity index (χ0n) is 6.66. The average molecular weight is 153 g/mol. The van der Waals surface area contributed by atoms with Gasteiger partial charge in [0.1, 0.15) is 0 Å². The van der Waals surface area contributed by atoms with Crippen LogP contribution >= 0.6 is 0 Å². The van der Waals surface area contributed by atoms with Gasteiger partial charge in [-0.25, -0.2) is 9.89 Å². The summed E-state index contributed by atoms with van der Waals surface area (Å²) in [6.45, 7) is 4.14. The molecular weight excluding hydrogens is 142 g/mol. The van der Waals surface area contributed by atoms with Gasteiger partial charge in [0.05, 0.1) is 11.9 Å². The molecule has 0 fully saturated rings. The van der Waals surface area contributed by atoms with E-state index in [4.69, 9.17) is 0 Å². The van der Waals surface area contributed by atoms with Crippen molar-refractivity contribution in [3.05, 3.63) is 22.4 Å². The molecule has 4 heteroatoms. The first-order chi connectivity index (χ1) is 5.18. The largest absolute Gasteiger partial charge is 0.361 e. The SMILES string of the molecule is CC(C)Cc1cn[nH]c(=O)n1. The van der Waals surface area contributed by atoms with Crippen molar-refractivity contribution < 1.29 is 0 Å². The number of aromatic amines is 1. The van der Waals surface area contributed by atoms with Gasteiger partial charge < -0.3 is 0 Å². The maximum atomic E-state index is 10.6. The van der Waals surface area contributed by atoms with E-state index in [1.165, 1.54) is 0 Å². The van der Waals surface area contributed by atoms with Crippen molar-refractivity contribution in [1.29, 1.82) is 0 Å². The van der Waals surface area contributed by atoms with Crippen LogP contribution in [0.25, 0.3) is 0 Å². The van der Waals surface area contributed by atoms with E-state index in [1.807, 2.05) is 0 Å². The molecule has 0 bridgehead atoms. The Morgan fingerprint density at radius 1 is 1.64 bits per heavy atom. The highest BCUT2D eigenvalue weighted by molar-refractivity contribution is 4.92. The van der Waals surface area contributed by atoms with Crippen LogP contribution in [-0.4, -0.2) is 15.2 Å². The molecule has 1 N–H and O–H groups in total. The van der Waals surface area contributed by atoms with Gasteiger partial charge in [-0.05, 0) is 12.3 Å². The van der Waals surface area contributed by atoms with Crippen LogP contribution < -0.4 is 5.69 Å². The second kappa shape index (κ2) is 3.27. The van der Waals surface area contributed by atoms with Crippen LogP contribution in [0.5, 0.6) is 0 Å². The molecule has 0 amide bonds. The van der Waals surface area contributed by atoms with Gasteiger partial charge >= 0.3 is 5.69 Å². The normalized spacial score (nSPS) is 10.5. The van der Waals surface area contributed by atoms with E-state index in [9.17, 15) is 4.79 Å². The topological polar surface area (TPSA) is 58.6 Å². The van der Waals surface area contributed by atoms with Crippen molar-refractivity contribution in [2.24, 2.45) is 5.92 Å². The number of rotatable bonds is 2. The first-order valence-electron chi connectivity index (χ1n) is 3.59. The smallest absolute Gasteiger partial charge is 0.244 e. The van der Waals surface area contributed by atoms with E-state index in [2.05, 4.69) is 29.0 Å². The summed E-state index contributed by atoms with van der Waals surface area (Å²) in [6, 6.07) is 0. The third-order valence-electron chi connectivity index (χ3n) is 1.24. The fourth-order valence-electron chi connectivity index (χ4n) is 0.863. The summed E-state index contributed by atoms with van der Waals surface area (Å²) in [5.74, 6) is 0.506. The number of nitrogens with one attached hydrogen (secondary N) is 1. The Morgan fingerprint density at radius 3 is 2.91 bits per heavy atom. The molecule has 0 aliphatic carbocycles. The summed E-state index contributed by atoms with van der Waals surface area (Å²) >= 11 is 0. The molecule has 11 heavy (non-hydrogen) atoms. The predicted octanol–water partition coefficient (Wildman–Crippen LogP) is 0.363. The third-order valence-corrected chi connectivity index (χ3v) is 1.24. The van der Waals surface area contributed by atoms with Crippen molar-refractivity contribution in [1.82, 2.24) is 15.2 Å². The highest BCUT2D eigenvalue weighted by atomic mass is 16.1. The van der Waals surface area contributed by atoms with E-state index in [0.29, 0.717) is 5.92 Å². The molecule has 0 atom stereocenters. The lowest BCUT2D eigenvalue weighted by Crippen LogP contribution is -2.14. The minimum atomic E-state index is -0.372. The highest BCUT2D eigenvalue weighted by Crippen LogP contribution is 2.00. The van der Waals surface area contributed by atoms with E-state index >= 15 is 0 Å². The van der Waals surface area contributed by atoms with Crippen LogP contribution in [0.4, 0.5) is 0 Å². The number of hydrogen-bond acceptors (Lipinski definition) is 3. The molecule has 0 saturated carbocycles. The van der Waals surface area contributed by atoms with Crippen LogP contribution in [0.2, 0.25) is 0 Å². The second-order valence-corrected chi connectivity index (χ2v) is 2.88. The molecule has 4 nitrogen and oxygen atoms in total. The standard InChI is InChI=1S/C7H11N3O/c1-5(2)3-6-4-8-10-7(11)9-6/h4-5H,3H2,1-2H3,(H,9,10,11). The summed E-state index contributed by atoms with van der Waals surface area (Å²) in [4.78, 5) is 14.4. The molecule has 0 aliphatic heterocycles. The number of nitrogens with zero attached hydrogens (tertiary/aromatic N) is 2. The van der Waals surface area contributed by atoms with Crippen LogP contribution in [0.1, 0.15) is 19.5 Å². The van der Waals surface area contributed by atoms with Gasteiger partial charge in [0.15, 0.2) is 0 Å². The van der Waals surface area contributed by atoms with Crippen molar-refractivity contribution in [3.63, 3.8) is 0 Å². The first kappa shape index (κ1) is 7.91. The van der Waals surface area contributed by atoms with Gasteiger partial charge in [-0.2, -0.15) is 10.1 Å². The highest BCUT2D eigenvalue weighted by Gasteiger charge is 1.98. The Bertz CT molecular complexity index is 279. The molecule has 1 rings (SSSR count). The second-order valence-electron chi connectivity index (χ2n) is 2.88. The van der Waals surface area contributed by atoms with Gasteiger partial charge in [0.25, 0.3) is 0 Å². The molecule has 1 aromatic rings. The van der Waals surface area contributed by atoms with E-state index in [0.717, 1.165) is 12.1 Å². The number of hydrogen-bond donors (Lipinski definition) is 1. The summed E-state index contributed by atoms with van der Waals surface area (Å²) < 4.78 is 0. The van der Waals surface area contributed by atoms with Gasteiger partial charge in [-0.3, -0.25) is 0 Å². The monoisotopic (exact) mass is 153 g/mol. The molecule has 0 aliphatic rings. The summed E-state index contributed by atoms with van der Waals surface area (Å²) in [5.41, 5.74) is 0.381. The molecule has 1 aromatic heterocycles. The Kier molecular flexibility index (Phi) is 2.36. The van der Waals surface area contributed by atoms with E-state index in [1.54, 1.807) is 6.20 Å². The van der Waals surface area contributed by atoms with Crippen molar-refractivity contribution in [3.8, 4) is 0 Å². The van der Waals surface area contributed by atoms with Crippen molar-refractivity contribution in [2.45, 2.75) is 20.3 Å². The van der Waals surface area contributed by atoms with E-state index in [-0.39, 0.29) is 5.69 Å². The lowest BCUT2D eigenvalue weighted by Gasteiger charge is -2.00. The fourth-order valence-corrected chi connectivity index (χ4v) is 0.863. The maximum Gasteiger partial charge on any atom is 0.361 e. The molecular formula is C7H11N3O. The zero-order valence-corrected chi connectivity index (χ0v) is 6.66. The number of H-pyrrole nitrogens is 1. The van der Waals surface area contributed by atoms with Crippen LogP contribution in [0.3, 0.4) is 0 Å².